The van der Waals surface area contributed by atoms with Gasteiger partial charge in [-0.3, -0.25) is 9.69 Å². The molecule has 0 spiro atoms. The van der Waals surface area contributed by atoms with Crippen molar-refractivity contribution in [1.82, 2.24) is 4.90 Å². The Bertz CT molecular complexity index is 218. The number of hydrogen-bond donors (Lipinski definition) is 1. The average molecular weight is 241 g/mol. The van der Waals surface area contributed by atoms with Gasteiger partial charge >= 0.3 is 5.97 Å². The van der Waals surface area contributed by atoms with Crippen molar-refractivity contribution in [3.05, 3.63) is 0 Å². The van der Waals surface area contributed by atoms with Crippen LogP contribution in [0, 0.1) is 0 Å². The Morgan fingerprint density at radius 2 is 1.88 bits per heavy atom. The summed E-state index contributed by atoms with van der Waals surface area (Å²) in [6, 6.07) is -0.209. The van der Waals surface area contributed by atoms with Crippen molar-refractivity contribution in [2.75, 3.05) is 13.1 Å². The third kappa shape index (κ3) is 5.53. The van der Waals surface area contributed by atoms with Crippen molar-refractivity contribution in [2.45, 2.75) is 70.8 Å². The van der Waals surface area contributed by atoms with E-state index >= 15 is 0 Å². The second-order valence-corrected chi connectivity index (χ2v) is 5.15. The van der Waals surface area contributed by atoms with E-state index in [-0.39, 0.29) is 6.04 Å². The molecule has 17 heavy (non-hydrogen) atoms. The number of aliphatic carboxylic acids is 1. The Kier molecular flexibility index (Phi) is 7.25. The zero-order valence-corrected chi connectivity index (χ0v) is 11.2. The highest BCUT2D eigenvalue weighted by Gasteiger charge is 2.27. The third-order valence-corrected chi connectivity index (χ3v) is 3.70. The SMILES string of the molecule is CCCCCCCCN1CCCCC1C(=O)O. The van der Waals surface area contributed by atoms with Crippen LogP contribution in [0.15, 0.2) is 0 Å². The van der Waals surface area contributed by atoms with Crippen LogP contribution in [0.5, 0.6) is 0 Å². The van der Waals surface area contributed by atoms with E-state index in [4.69, 9.17) is 5.11 Å². The Labute approximate surface area is 105 Å². The van der Waals surface area contributed by atoms with Crippen LogP contribution >= 0.6 is 0 Å². The molecule has 1 rings (SSSR count). The molecule has 3 heteroatoms. The molecule has 0 amide bonds. The highest BCUT2D eigenvalue weighted by Crippen LogP contribution is 2.18. The second kappa shape index (κ2) is 8.51. The van der Waals surface area contributed by atoms with Crippen LogP contribution in [0.2, 0.25) is 0 Å². The van der Waals surface area contributed by atoms with Crippen molar-refractivity contribution in [3.8, 4) is 0 Å². The van der Waals surface area contributed by atoms with E-state index in [2.05, 4.69) is 11.8 Å². The summed E-state index contributed by atoms with van der Waals surface area (Å²) < 4.78 is 0. The minimum atomic E-state index is -0.629. The molecule has 1 aliphatic heterocycles. The van der Waals surface area contributed by atoms with E-state index in [1.54, 1.807) is 0 Å². The molecule has 3 nitrogen and oxygen atoms in total. The first kappa shape index (κ1) is 14.5. The van der Waals surface area contributed by atoms with Crippen LogP contribution < -0.4 is 0 Å². The quantitative estimate of drug-likeness (QED) is 0.663. The lowest BCUT2D eigenvalue weighted by Gasteiger charge is -2.32. The monoisotopic (exact) mass is 241 g/mol. The van der Waals surface area contributed by atoms with Crippen LogP contribution in [-0.4, -0.2) is 35.1 Å². The van der Waals surface area contributed by atoms with Gasteiger partial charge in [-0.1, -0.05) is 45.4 Å². The number of piperidine rings is 1. The van der Waals surface area contributed by atoms with Crippen LogP contribution in [0.3, 0.4) is 0 Å². The van der Waals surface area contributed by atoms with Gasteiger partial charge in [0.2, 0.25) is 0 Å². The normalized spacial score (nSPS) is 21.6. The molecule has 1 atom stereocenters. The molecule has 0 aliphatic carbocycles. The van der Waals surface area contributed by atoms with Gasteiger partial charge in [-0.05, 0) is 32.4 Å². The summed E-state index contributed by atoms with van der Waals surface area (Å²) in [5.41, 5.74) is 0. The summed E-state index contributed by atoms with van der Waals surface area (Å²) in [5, 5.41) is 9.14. The van der Waals surface area contributed by atoms with E-state index in [9.17, 15) is 4.79 Å². The molecule has 0 radical (unpaired) electrons. The molecule has 0 bridgehead atoms. The molecule has 0 aromatic carbocycles. The first-order valence-corrected chi connectivity index (χ1v) is 7.22. The summed E-state index contributed by atoms with van der Waals surface area (Å²) in [4.78, 5) is 13.3. The Hall–Kier alpha value is -0.570. The maximum absolute atomic E-state index is 11.1. The largest absolute Gasteiger partial charge is 0.480 e. The van der Waals surface area contributed by atoms with E-state index < -0.39 is 5.97 Å². The summed E-state index contributed by atoms with van der Waals surface area (Å²) >= 11 is 0. The molecular weight excluding hydrogens is 214 g/mol. The van der Waals surface area contributed by atoms with Crippen LogP contribution in [0.4, 0.5) is 0 Å². The van der Waals surface area contributed by atoms with Gasteiger partial charge in [0, 0.05) is 0 Å². The van der Waals surface area contributed by atoms with Gasteiger partial charge in [0.15, 0.2) is 0 Å². The first-order valence-electron chi connectivity index (χ1n) is 7.22. The molecule has 1 fully saturated rings. The van der Waals surface area contributed by atoms with Gasteiger partial charge < -0.3 is 5.11 Å². The van der Waals surface area contributed by atoms with E-state index in [0.717, 1.165) is 32.4 Å². The zero-order valence-electron chi connectivity index (χ0n) is 11.2. The lowest BCUT2D eigenvalue weighted by atomic mass is 10.0. The number of nitrogens with zero attached hydrogens (tertiary/aromatic N) is 1. The van der Waals surface area contributed by atoms with Gasteiger partial charge in [-0.2, -0.15) is 0 Å². The maximum Gasteiger partial charge on any atom is 0.320 e. The Morgan fingerprint density at radius 1 is 1.18 bits per heavy atom. The average Bonchev–Trinajstić information content (AvgIpc) is 2.34. The van der Waals surface area contributed by atoms with Crippen molar-refractivity contribution in [1.29, 1.82) is 0 Å². The van der Waals surface area contributed by atoms with Crippen LogP contribution in [0.25, 0.3) is 0 Å². The second-order valence-electron chi connectivity index (χ2n) is 5.15. The van der Waals surface area contributed by atoms with Gasteiger partial charge in [-0.15, -0.1) is 0 Å². The number of carboxylic acids is 1. The minimum Gasteiger partial charge on any atom is -0.480 e. The first-order chi connectivity index (χ1) is 8.25. The molecular formula is C14H27NO2. The van der Waals surface area contributed by atoms with Crippen LogP contribution in [0.1, 0.15) is 64.7 Å². The number of unbranched alkanes of at least 4 members (excludes halogenated alkanes) is 5. The van der Waals surface area contributed by atoms with Gasteiger partial charge in [0.25, 0.3) is 0 Å². The molecule has 100 valence electrons. The van der Waals surface area contributed by atoms with Gasteiger partial charge in [0.1, 0.15) is 6.04 Å². The van der Waals surface area contributed by atoms with Crippen molar-refractivity contribution in [2.24, 2.45) is 0 Å². The number of carboxylic acid groups (broad SMARTS) is 1. The summed E-state index contributed by atoms with van der Waals surface area (Å²) in [5.74, 6) is -0.629. The molecule has 1 aliphatic rings. The standard InChI is InChI=1S/C14H27NO2/c1-2-3-4-5-6-8-11-15-12-9-7-10-13(15)14(16)17/h13H,2-12H2,1H3,(H,16,17). The molecule has 1 N–H and O–H groups in total. The zero-order chi connectivity index (χ0) is 12.5. The molecule has 0 aromatic heterocycles. The molecule has 0 saturated carbocycles. The fourth-order valence-electron chi connectivity index (χ4n) is 2.63. The number of hydrogen-bond acceptors (Lipinski definition) is 2. The van der Waals surface area contributed by atoms with Gasteiger partial charge in [0.05, 0.1) is 0 Å². The van der Waals surface area contributed by atoms with Crippen molar-refractivity contribution in [3.63, 3.8) is 0 Å². The van der Waals surface area contributed by atoms with Crippen LogP contribution in [-0.2, 0) is 4.79 Å². The third-order valence-electron chi connectivity index (χ3n) is 3.70. The predicted octanol–water partition coefficient (Wildman–Crippen LogP) is 3.29. The number of carbonyl (C=O) groups is 1. The maximum atomic E-state index is 11.1. The van der Waals surface area contributed by atoms with E-state index in [1.807, 2.05) is 0 Å². The van der Waals surface area contributed by atoms with E-state index in [1.165, 1.54) is 38.5 Å². The summed E-state index contributed by atoms with van der Waals surface area (Å²) in [6.07, 6.45) is 10.7. The molecule has 1 unspecified atom stereocenters. The molecule has 0 aromatic rings. The number of rotatable bonds is 8. The number of likely N-dealkylation sites (tertiary alicyclic amines) is 1. The molecule has 1 heterocycles. The fraction of sp³-hybridized carbons (Fsp3) is 0.929. The predicted molar refractivity (Wildman–Crippen MR) is 70.2 cm³/mol. The Morgan fingerprint density at radius 3 is 2.59 bits per heavy atom. The smallest absolute Gasteiger partial charge is 0.320 e. The Balaban J connectivity index is 2.13. The van der Waals surface area contributed by atoms with E-state index in [0.29, 0.717) is 0 Å². The lowest BCUT2D eigenvalue weighted by molar-refractivity contribution is -0.144. The summed E-state index contributed by atoms with van der Waals surface area (Å²) in [7, 11) is 0. The summed E-state index contributed by atoms with van der Waals surface area (Å²) in [6.45, 7) is 4.18. The highest BCUT2D eigenvalue weighted by atomic mass is 16.4. The minimum absolute atomic E-state index is 0.209. The fourth-order valence-corrected chi connectivity index (χ4v) is 2.63. The highest BCUT2D eigenvalue weighted by molar-refractivity contribution is 5.73. The lowest BCUT2D eigenvalue weighted by Crippen LogP contribution is -2.44. The topological polar surface area (TPSA) is 40.5 Å². The van der Waals surface area contributed by atoms with Crippen molar-refractivity contribution >= 4 is 5.97 Å². The van der Waals surface area contributed by atoms with Crippen molar-refractivity contribution < 1.29 is 9.90 Å². The molecule has 1 saturated heterocycles. The van der Waals surface area contributed by atoms with Gasteiger partial charge in [-0.25, -0.2) is 0 Å².